The van der Waals surface area contributed by atoms with Crippen LogP contribution < -0.4 is 24.3 Å². The van der Waals surface area contributed by atoms with Gasteiger partial charge in [-0.3, -0.25) is 4.79 Å². The molecule has 7 nitrogen and oxygen atoms in total. The van der Waals surface area contributed by atoms with Crippen LogP contribution >= 0.6 is 11.6 Å². The molecule has 0 fully saturated rings. The number of ether oxygens (including phenoxy) is 5. The van der Waals surface area contributed by atoms with E-state index in [0.29, 0.717) is 65.7 Å². The number of hydrogen-bond donors (Lipinski definition) is 1. The molecule has 8 heteroatoms. The summed E-state index contributed by atoms with van der Waals surface area (Å²) in [7, 11) is 3.15. The maximum absolute atomic E-state index is 12.8. The van der Waals surface area contributed by atoms with Gasteiger partial charge in [0, 0.05) is 24.4 Å². The average Bonchev–Trinajstić information content (AvgIpc) is 2.73. The highest BCUT2D eigenvalue weighted by Gasteiger charge is 2.17. The molecular formula is C22H28ClNO6. The largest absolute Gasteiger partial charge is 0.493 e. The van der Waals surface area contributed by atoms with Crippen molar-refractivity contribution in [2.24, 2.45) is 0 Å². The van der Waals surface area contributed by atoms with Crippen molar-refractivity contribution >= 4 is 23.2 Å². The molecule has 1 N–H and O–H groups in total. The van der Waals surface area contributed by atoms with E-state index in [1.54, 1.807) is 44.6 Å². The summed E-state index contributed by atoms with van der Waals surface area (Å²) in [6.07, 6.45) is 0.830. The number of nitrogens with one attached hydrogen (secondary N) is 1. The van der Waals surface area contributed by atoms with Crippen molar-refractivity contribution in [3.63, 3.8) is 0 Å². The first kappa shape index (κ1) is 23.6. The van der Waals surface area contributed by atoms with Crippen molar-refractivity contribution in [3.05, 3.63) is 40.9 Å². The number of rotatable bonds is 12. The Kier molecular flexibility index (Phi) is 9.57. The Labute approximate surface area is 182 Å². The number of carbonyl (C=O) groups is 1. The van der Waals surface area contributed by atoms with E-state index in [2.05, 4.69) is 5.32 Å². The maximum atomic E-state index is 12.8. The summed E-state index contributed by atoms with van der Waals surface area (Å²) in [4.78, 5) is 12.8. The molecule has 0 saturated carbocycles. The van der Waals surface area contributed by atoms with Gasteiger partial charge in [0.2, 0.25) is 0 Å². The first-order chi connectivity index (χ1) is 14.5. The first-order valence-corrected chi connectivity index (χ1v) is 10.1. The molecule has 1 amide bonds. The summed E-state index contributed by atoms with van der Waals surface area (Å²) in [6, 6.07) is 8.32. The van der Waals surface area contributed by atoms with Gasteiger partial charge in [-0.25, -0.2) is 0 Å². The molecular weight excluding hydrogens is 410 g/mol. The standard InChI is InChI=1S/C22H28ClNO6/c1-5-9-30-21-17(23)12-15(13-20(21)28-6-2)22(25)24-16-7-8-18(27-4)19(14-16)29-11-10-26-3/h7-8,12-14H,5-6,9-11H2,1-4H3,(H,24,25). The number of benzene rings is 2. The van der Waals surface area contributed by atoms with Crippen molar-refractivity contribution in [1.29, 1.82) is 0 Å². The van der Waals surface area contributed by atoms with E-state index in [1.165, 1.54) is 0 Å². The van der Waals surface area contributed by atoms with E-state index in [1.807, 2.05) is 13.8 Å². The minimum atomic E-state index is -0.340. The van der Waals surface area contributed by atoms with Crippen molar-refractivity contribution in [2.45, 2.75) is 20.3 Å². The molecule has 0 aliphatic rings. The lowest BCUT2D eigenvalue weighted by atomic mass is 10.1. The third-order valence-corrected chi connectivity index (χ3v) is 4.27. The summed E-state index contributed by atoms with van der Waals surface area (Å²) in [6.45, 7) is 5.57. The van der Waals surface area contributed by atoms with E-state index < -0.39 is 0 Å². The lowest BCUT2D eigenvalue weighted by Crippen LogP contribution is -2.13. The molecule has 0 bridgehead atoms. The van der Waals surface area contributed by atoms with Gasteiger partial charge in [0.05, 0.1) is 32.0 Å². The first-order valence-electron chi connectivity index (χ1n) is 9.74. The maximum Gasteiger partial charge on any atom is 0.255 e. The van der Waals surface area contributed by atoms with Crippen molar-refractivity contribution in [1.82, 2.24) is 0 Å². The zero-order valence-corrected chi connectivity index (χ0v) is 18.5. The van der Waals surface area contributed by atoms with Crippen LogP contribution in [0.5, 0.6) is 23.0 Å². The van der Waals surface area contributed by atoms with E-state index in [9.17, 15) is 4.79 Å². The quantitative estimate of drug-likeness (QED) is 0.480. The Balaban J connectivity index is 2.23. The third-order valence-electron chi connectivity index (χ3n) is 3.99. The molecule has 2 aromatic carbocycles. The molecule has 0 aliphatic heterocycles. The fourth-order valence-electron chi connectivity index (χ4n) is 2.61. The molecule has 0 saturated heterocycles. The number of hydrogen-bond acceptors (Lipinski definition) is 6. The molecule has 0 unspecified atom stereocenters. The summed E-state index contributed by atoms with van der Waals surface area (Å²) < 4.78 is 27.3. The van der Waals surface area contributed by atoms with Gasteiger partial charge in [0.25, 0.3) is 5.91 Å². The summed E-state index contributed by atoms with van der Waals surface area (Å²) in [5.41, 5.74) is 0.901. The second-order valence-corrected chi connectivity index (χ2v) is 6.64. The summed E-state index contributed by atoms with van der Waals surface area (Å²) in [5.74, 6) is 1.59. The van der Waals surface area contributed by atoms with Crippen molar-refractivity contribution < 1.29 is 28.5 Å². The molecule has 0 heterocycles. The van der Waals surface area contributed by atoms with E-state index in [4.69, 9.17) is 35.3 Å². The summed E-state index contributed by atoms with van der Waals surface area (Å²) in [5, 5.41) is 3.16. The Morgan fingerprint density at radius 3 is 2.40 bits per heavy atom. The predicted molar refractivity (Wildman–Crippen MR) is 117 cm³/mol. The van der Waals surface area contributed by atoms with E-state index in [0.717, 1.165) is 6.42 Å². The van der Waals surface area contributed by atoms with Crippen LogP contribution in [0.4, 0.5) is 5.69 Å². The minimum absolute atomic E-state index is 0.317. The highest BCUT2D eigenvalue weighted by atomic mass is 35.5. The normalized spacial score (nSPS) is 10.4. The lowest BCUT2D eigenvalue weighted by Gasteiger charge is -2.15. The minimum Gasteiger partial charge on any atom is -0.493 e. The Hall–Kier alpha value is -2.64. The van der Waals surface area contributed by atoms with Crippen molar-refractivity contribution in [2.75, 3.05) is 46.0 Å². The fraction of sp³-hybridized carbons (Fsp3) is 0.409. The Morgan fingerprint density at radius 2 is 1.73 bits per heavy atom. The van der Waals surface area contributed by atoms with Gasteiger partial charge in [-0.2, -0.15) is 0 Å². The zero-order valence-electron chi connectivity index (χ0n) is 17.7. The molecule has 0 spiro atoms. The molecule has 2 aromatic rings. The summed E-state index contributed by atoms with van der Waals surface area (Å²) >= 11 is 6.36. The second-order valence-electron chi connectivity index (χ2n) is 6.23. The van der Waals surface area contributed by atoms with Crippen LogP contribution in [0.3, 0.4) is 0 Å². The van der Waals surface area contributed by atoms with Crippen LogP contribution in [-0.2, 0) is 4.74 Å². The molecule has 0 aromatic heterocycles. The fourth-order valence-corrected chi connectivity index (χ4v) is 2.88. The molecule has 2 rings (SSSR count). The smallest absolute Gasteiger partial charge is 0.255 e. The van der Waals surface area contributed by atoms with E-state index in [-0.39, 0.29) is 5.91 Å². The van der Waals surface area contributed by atoms with E-state index >= 15 is 0 Å². The monoisotopic (exact) mass is 437 g/mol. The van der Waals surface area contributed by atoms with Gasteiger partial charge < -0.3 is 29.0 Å². The van der Waals surface area contributed by atoms with Crippen LogP contribution in [-0.4, -0.2) is 46.6 Å². The van der Waals surface area contributed by atoms with Crippen molar-refractivity contribution in [3.8, 4) is 23.0 Å². The average molecular weight is 438 g/mol. The van der Waals surface area contributed by atoms with Crippen LogP contribution in [0, 0.1) is 0 Å². The Bertz CT molecular complexity index is 843. The SMILES string of the molecule is CCCOc1c(Cl)cc(C(=O)Nc2ccc(OC)c(OCCOC)c2)cc1OCC. The topological polar surface area (TPSA) is 75.3 Å². The van der Waals surface area contributed by atoms with Gasteiger partial charge in [-0.05, 0) is 37.6 Å². The number of anilines is 1. The number of halogens is 1. The number of methoxy groups -OCH3 is 2. The van der Waals surface area contributed by atoms with Gasteiger partial charge in [0.1, 0.15) is 6.61 Å². The zero-order chi connectivity index (χ0) is 21.9. The Morgan fingerprint density at radius 1 is 0.933 bits per heavy atom. The molecule has 0 radical (unpaired) electrons. The highest BCUT2D eigenvalue weighted by molar-refractivity contribution is 6.32. The van der Waals surface area contributed by atoms with Gasteiger partial charge in [-0.15, -0.1) is 0 Å². The van der Waals surface area contributed by atoms with Crippen LogP contribution in [0.25, 0.3) is 0 Å². The van der Waals surface area contributed by atoms with Gasteiger partial charge >= 0.3 is 0 Å². The van der Waals surface area contributed by atoms with Crippen LogP contribution in [0.15, 0.2) is 30.3 Å². The molecule has 0 atom stereocenters. The van der Waals surface area contributed by atoms with Gasteiger partial charge in [-0.1, -0.05) is 18.5 Å². The van der Waals surface area contributed by atoms with Crippen LogP contribution in [0.1, 0.15) is 30.6 Å². The lowest BCUT2D eigenvalue weighted by molar-refractivity contribution is 0.102. The van der Waals surface area contributed by atoms with Crippen LogP contribution in [0.2, 0.25) is 5.02 Å². The predicted octanol–water partition coefficient (Wildman–Crippen LogP) is 4.81. The second kappa shape index (κ2) is 12.1. The molecule has 164 valence electrons. The van der Waals surface area contributed by atoms with Gasteiger partial charge in [0.15, 0.2) is 23.0 Å². The molecule has 0 aliphatic carbocycles. The third kappa shape index (κ3) is 6.43. The number of amides is 1. The molecule has 30 heavy (non-hydrogen) atoms. The number of carbonyl (C=O) groups excluding carboxylic acids is 1. The highest BCUT2D eigenvalue weighted by Crippen LogP contribution is 2.37.